The molecule has 0 unspecified atom stereocenters. The molecular formula is C9H16N2O2. The lowest BCUT2D eigenvalue weighted by Crippen LogP contribution is -2.46. The fourth-order valence-corrected chi connectivity index (χ4v) is 1.22. The smallest absolute Gasteiger partial charge is 0.243 e. The molecule has 1 saturated carbocycles. The number of nitrogens with zero attached hydrogens (tertiary/aromatic N) is 1. The zero-order valence-corrected chi connectivity index (χ0v) is 7.70. The SMILES string of the molecule is C=CCN(CCO)C(=O)C1(N)CC1. The minimum absolute atomic E-state index is 0.0321. The summed E-state index contributed by atoms with van der Waals surface area (Å²) >= 11 is 0. The van der Waals surface area contributed by atoms with Gasteiger partial charge < -0.3 is 15.7 Å². The lowest BCUT2D eigenvalue weighted by molar-refractivity contribution is -0.133. The Morgan fingerprint density at radius 3 is 2.69 bits per heavy atom. The van der Waals surface area contributed by atoms with Crippen LogP contribution in [0.2, 0.25) is 0 Å². The van der Waals surface area contributed by atoms with Gasteiger partial charge in [-0.05, 0) is 12.8 Å². The number of hydrogen-bond donors (Lipinski definition) is 2. The van der Waals surface area contributed by atoms with Crippen molar-refractivity contribution in [3.8, 4) is 0 Å². The quantitative estimate of drug-likeness (QED) is 0.565. The van der Waals surface area contributed by atoms with E-state index in [0.29, 0.717) is 13.1 Å². The predicted octanol–water partition coefficient (Wildman–Crippen LogP) is -0.515. The van der Waals surface area contributed by atoms with Crippen molar-refractivity contribution in [3.05, 3.63) is 12.7 Å². The van der Waals surface area contributed by atoms with Crippen LogP contribution in [0.15, 0.2) is 12.7 Å². The van der Waals surface area contributed by atoms with E-state index in [2.05, 4.69) is 6.58 Å². The fraction of sp³-hybridized carbons (Fsp3) is 0.667. The van der Waals surface area contributed by atoms with Crippen molar-refractivity contribution < 1.29 is 9.90 Å². The van der Waals surface area contributed by atoms with E-state index in [1.54, 1.807) is 11.0 Å². The van der Waals surface area contributed by atoms with Crippen molar-refractivity contribution >= 4 is 5.91 Å². The van der Waals surface area contributed by atoms with Crippen molar-refractivity contribution in [3.63, 3.8) is 0 Å². The summed E-state index contributed by atoms with van der Waals surface area (Å²) in [7, 11) is 0. The number of carbonyl (C=O) groups excluding carboxylic acids is 1. The van der Waals surface area contributed by atoms with Crippen molar-refractivity contribution in [2.75, 3.05) is 19.7 Å². The molecule has 0 heterocycles. The Morgan fingerprint density at radius 1 is 1.69 bits per heavy atom. The first-order chi connectivity index (χ1) is 6.14. The van der Waals surface area contributed by atoms with Crippen molar-refractivity contribution in [1.29, 1.82) is 0 Å². The lowest BCUT2D eigenvalue weighted by Gasteiger charge is -2.23. The van der Waals surface area contributed by atoms with E-state index in [1.165, 1.54) is 0 Å². The Morgan fingerprint density at radius 2 is 2.31 bits per heavy atom. The van der Waals surface area contributed by atoms with Crippen LogP contribution in [0.1, 0.15) is 12.8 Å². The Balaban J connectivity index is 2.52. The number of rotatable bonds is 5. The third-order valence-corrected chi connectivity index (χ3v) is 2.22. The fourth-order valence-electron chi connectivity index (χ4n) is 1.22. The van der Waals surface area contributed by atoms with Gasteiger partial charge in [0.2, 0.25) is 5.91 Å². The van der Waals surface area contributed by atoms with Crippen LogP contribution in [0, 0.1) is 0 Å². The summed E-state index contributed by atoms with van der Waals surface area (Å²) in [5, 5.41) is 8.73. The van der Waals surface area contributed by atoms with Crippen molar-refractivity contribution in [1.82, 2.24) is 4.90 Å². The van der Waals surface area contributed by atoms with Gasteiger partial charge in [-0.1, -0.05) is 6.08 Å². The predicted molar refractivity (Wildman–Crippen MR) is 50.0 cm³/mol. The Bertz CT molecular complexity index is 212. The standard InChI is InChI=1S/C9H16N2O2/c1-2-5-11(6-7-12)8(13)9(10)3-4-9/h2,12H,1,3-7,10H2. The van der Waals surface area contributed by atoms with E-state index in [-0.39, 0.29) is 12.5 Å². The number of carbonyl (C=O) groups is 1. The van der Waals surface area contributed by atoms with E-state index in [0.717, 1.165) is 12.8 Å². The Labute approximate surface area is 78.0 Å². The van der Waals surface area contributed by atoms with Crippen LogP contribution >= 0.6 is 0 Å². The zero-order valence-electron chi connectivity index (χ0n) is 7.70. The molecule has 1 fully saturated rings. The van der Waals surface area contributed by atoms with Crippen LogP contribution in [0.25, 0.3) is 0 Å². The summed E-state index contributed by atoms with van der Waals surface area (Å²) in [6.45, 7) is 4.31. The van der Waals surface area contributed by atoms with Crippen molar-refractivity contribution in [2.45, 2.75) is 18.4 Å². The second kappa shape index (κ2) is 3.89. The largest absolute Gasteiger partial charge is 0.395 e. The van der Waals surface area contributed by atoms with Crippen LogP contribution < -0.4 is 5.73 Å². The first-order valence-corrected chi connectivity index (χ1v) is 4.44. The Kier molecular flexibility index (Phi) is 3.06. The van der Waals surface area contributed by atoms with E-state index in [1.807, 2.05) is 0 Å². The maximum atomic E-state index is 11.6. The van der Waals surface area contributed by atoms with E-state index < -0.39 is 5.54 Å². The Hall–Kier alpha value is -0.870. The van der Waals surface area contributed by atoms with Gasteiger partial charge in [-0.2, -0.15) is 0 Å². The van der Waals surface area contributed by atoms with E-state index in [9.17, 15) is 4.79 Å². The van der Waals surface area contributed by atoms with Gasteiger partial charge in [0.1, 0.15) is 0 Å². The summed E-state index contributed by atoms with van der Waals surface area (Å²) in [4.78, 5) is 13.2. The molecule has 0 bridgehead atoms. The molecule has 1 aliphatic carbocycles. The second-order valence-corrected chi connectivity index (χ2v) is 3.42. The first kappa shape index (κ1) is 10.2. The highest BCUT2D eigenvalue weighted by Crippen LogP contribution is 2.33. The van der Waals surface area contributed by atoms with Gasteiger partial charge in [0.15, 0.2) is 0 Å². The molecule has 4 heteroatoms. The van der Waals surface area contributed by atoms with Crippen molar-refractivity contribution in [2.24, 2.45) is 5.73 Å². The molecule has 0 saturated heterocycles. The molecule has 4 nitrogen and oxygen atoms in total. The highest BCUT2D eigenvalue weighted by Gasteiger charge is 2.47. The molecule has 1 aliphatic rings. The third kappa shape index (κ3) is 2.29. The van der Waals surface area contributed by atoms with Crippen LogP contribution in [0.3, 0.4) is 0 Å². The summed E-state index contributed by atoms with van der Waals surface area (Å²) in [5.74, 6) is -0.0681. The maximum Gasteiger partial charge on any atom is 0.243 e. The molecule has 3 N–H and O–H groups in total. The normalized spacial score (nSPS) is 18.0. The monoisotopic (exact) mass is 184 g/mol. The number of aliphatic hydroxyl groups excluding tert-OH is 1. The first-order valence-electron chi connectivity index (χ1n) is 4.44. The van der Waals surface area contributed by atoms with Crippen LogP contribution in [0.5, 0.6) is 0 Å². The number of nitrogens with two attached hydrogens (primary N) is 1. The van der Waals surface area contributed by atoms with Gasteiger partial charge in [0.05, 0.1) is 12.1 Å². The molecule has 1 amide bonds. The van der Waals surface area contributed by atoms with E-state index in [4.69, 9.17) is 10.8 Å². The van der Waals surface area contributed by atoms with Gasteiger partial charge in [-0.25, -0.2) is 0 Å². The number of aliphatic hydroxyl groups is 1. The van der Waals surface area contributed by atoms with Crippen LogP contribution in [0.4, 0.5) is 0 Å². The summed E-state index contributed by atoms with van der Waals surface area (Å²) in [6, 6.07) is 0. The average Bonchev–Trinajstić information content (AvgIpc) is 2.84. The number of amides is 1. The molecule has 0 radical (unpaired) electrons. The molecule has 0 aromatic carbocycles. The van der Waals surface area contributed by atoms with Gasteiger partial charge in [0, 0.05) is 13.1 Å². The minimum atomic E-state index is -0.641. The molecule has 0 aromatic heterocycles. The van der Waals surface area contributed by atoms with E-state index >= 15 is 0 Å². The summed E-state index contributed by atoms with van der Waals surface area (Å²) in [6.07, 6.45) is 3.15. The second-order valence-electron chi connectivity index (χ2n) is 3.42. The zero-order chi connectivity index (χ0) is 9.90. The third-order valence-electron chi connectivity index (χ3n) is 2.22. The van der Waals surface area contributed by atoms with Crippen LogP contribution in [-0.4, -0.2) is 41.1 Å². The molecule has 0 spiro atoms. The maximum absolute atomic E-state index is 11.6. The van der Waals surface area contributed by atoms with Crippen LogP contribution in [-0.2, 0) is 4.79 Å². The molecule has 13 heavy (non-hydrogen) atoms. The highest BCUT2D eigenvalue weighted by molar-refractivity contribution is 5.89. The molecule has 0 atom stereocenters. The van der Waals surface area contributed by atoms with Gasteiger partial charge >= 0.3 is 0 Å². The molecule has 1 rings (SSSR count). The van der Waals surface area contributed by atoms with Gasteiger partial charge in [0.25, 0.3) is 0 Å². The summed E-state index contributed by atoms with van der Waals surface area (Å²) in [5.41, 5.74) is 5.10. The number of hydrogen-bond acceptors (Lipinski definition) is 3. The highest BCUT2D eigenvalue weighted by atomic mass is 16.3. The van der Waals surface area contributed by atoms with Gasteiger partial charge in [-0.15, -0.1) is 6.58 Å². The van der Waals surface area contributed by atoms with Gasteiger partial charge in [-0.3, -0.25) is 4.79 Å². The lowest BCUT2D eigenvalue weighted by atomic mass is 10.2. The molecule has 0 aromatic rings. The average molecular weight is 184 g/mol. The summed E-state index contributed by atoms with van der Waals surface area (Å²) < 4.78 is 0. The minimum Gasteiger partial charge on any atom is -0.395 e. The molecule has 0 aliphatic heterocycles. The molecule has 74 valence electrons. The molecular weight excluding hydrogens is 168 g/mol. The topological polar surface area (TPSA) is 66.6 Å².